The van der Waals surface area contributed by atoms with Crippen molar-refractivity contribution in [1.29, 1.82) is 0 Å². The Morgan fingerprint density at radius 2 is 2.33 bits per heavy atom. The number of hydrogen-bond acceptors (Lipinski definition) is 4. The molecule has 6 heteroatoms. The van der Waals surface area contributed by atoms with Gasteiger partial charge in [-0.1, -0.05) is 11.6 Å². The van der Waals surface area contributed by atoms with Gasteiger partial charge in [-0.2, -0.15) is 0 Å². The highest BCUT2D eigenvalue weighted by molar-refractivity contribution is 7.09. The highest BCUT2D eigenvalue weighted by Crippen LogP contribution is 2.21. The molecule has 0 saturated carbocycles. The Bertz CT molecular complexity index is 543. The summed E-state index contributed by atoms with van der Waals surface area (Å²) < 4.78 is 0. The Morgan fingerprint density at radius 1 is 1.50 bits per heavy atom. The van der Waals surface area contributed by atoms with Gasteiger partial charge in [-0.25, -0.2) is 4.98 Å². The van der Waals surface area contributed by atoms with Crippen molar-refractivity contribution >= 4 is 28.8 Å². The third-order valence-corrected chi connectivity index (χ3v) is 3.39. The Kier molecular flexibility index (Phi) is 4.17. The number of carbonyl (C=O) groups excluding carboxylic acids is 1. The third-order valence-electron chi connectivity index (χ3n) is 2.31. The van der Waals surface area contributed by atoms with Gasteiger partial charge in [0, 0.05) is 29.6 Å². The molecule has 0 atom stereocenters. The second-order valence-corrected chi connectivity index (χ2v) is 5.01. The number of halogens is 1. The lowest BCUT2D eigenvalue weighted by Crippen LogP contribution is -2.25. The molecule has 1 aromatic carbocycles. The fraction of sp³-hybridized carbons (Fsp3) is 0.167. The molecule has 0 spiro atoms. The number of carbonyl (C=O) groups is 1. The maximum absolute atomic E-state index is 11.8. The molecular weight excluding hydrogens is 272 g/mol. The fourth-order valence-corrected chi connectivity index (χ4v) is 2.24. The van der Waals surface area contributed by atoms with E-state index in [-0.39, 0.29) is 17.2 Å². The minimum absolute atomic E-state index is 0.0776. The van der Waals surface area contributed by atoms with Crippen LogP contribution < -0.4 is 5.32 Å². The van der Waals surface area contributed by atoms with Gasteiger partial charge < -0.3 is 10.4 Å². The normalized spacial score (nSPS) is 10.3. The largest absolute Gasteiger partial charge is 0.507 e. The molecule has 1 heterocycles. The van der Waals surface area contributed by atoms with Crippen LogP contribution in [0.15, 0.2) is 29.8 Å². The molecule has 0 saturated heterocycles. The van der Waals surface area contributed by atoms with Crippen molar-refractivity contribution in [3.63, 3.8) is 0 Å². The standard InChI is InChI=1S/C12H11ClN2O2S/c13-8-1-2-10(16)9(7-8)12(17)15-4-3-11-14-5-6-18-11/h1-2,5-7,16H,3-4H2,(H,15,17). The summed E-state index contributed by atoms with van der Waals surface area (Å²) in [4.78, 5) is 15.9. The van der Waals surface area contributed by atoms with E-state index in [0.717, 1.165) is 5.01 Å². The maximum atomic E-state index is 11.8. The Balaban J connectivity index is 1.93. The van der Waals surface area contributed by atoms with Gasteiger partial charge >= 0.3 is 0 Å². The van der Waals surface area contributed by atoms with E-state index in [1.54, 1.807) is 17.5 Å². The number of nitrogens with zero attached hydrogens (tertiary/aromatic N) is 1. The number of aromatic nitrogens is 1. The fourth-order valence-electron chi connectivity index (χ4n) is 1.44. The summed E-state index contributed by atoms with van der Waals surface area (Å²) in [5, 5.41) is 15.5. The summed E-state index contributed by atoms with van der Waals surface area (Å²) >= 11 is 7.32. The predicted octanol–water partition coefficient (Wildman–Crippen LogP) is 2.47. The van der Waals surface area contributed by atoms with E-state index >= 15 is 0 Å². The molecule has 0 unspecified atom stereocenters. The molecule has 1 aromatic heterocycles. The van der Waals surface area contributed by atoms with Gasteiger partial charge in [0.15, 0.2) is 0 Å². The number of thiazole rings is 1. The Morgan fingerprint density at radius 3 is 3.06 bits per heavy atom. The summed E-state index contributed by atoms with van der Waals surface area (Å²) in [6.07, 6.45) is 2.40. The first-order valence-electron chi connectivity index (χ1n) is 5.32. The zero-order chi connectivity index (χ0) is 13.0. The lowest BCUT2D eigenvalue weighted by Gasteiger charge is -2.06. The highest BCUT2D eigenvalue weighted by atomic mass is 35.5. The van der Waals surface area contributed by atoms with E-state index in [2.05, 4.69) is 10.3 Å². The summed E-state index contributed by atoms with van der Waals surface area (Å²) in [6, 6.07) is 4.37. The number of phenolic OH excluding ortho intramolecular Hbond substituents is 1. The number of aromatic hydroxyl groups is 1. The molecule has 0 bridgehead atoms. The first kappa shape index (κ1) is 12.9. The van der Waals surface area contributed by atoms with Crippen LogP contribution in [-0.2, 0) is 6.42 Å². The maximum Gasteiger partial charge on any atom is 0.255 e. The van der Waals surface area contributed by atoms with Gasteiger partial charge in [0.05, 0.1) is 10.6 Å². The van der Waals surface area contributed by atoms with Crippen LogP contribution in [0.4, 0.5) is 0 Å². The van der Waals surface area contributed by atoms with Crippen molar-refractivity contribution < 1.29 is 9.90 Å². The van der Waals surface area contributed by atoms with Crippen molar-refractivity contribution in [2.24, 2.45) is 0 Å². The molecule has 2 N–H and O–H groups in total. The molecule has 94 valence electrons. The Hall–Kier alpha value is -1.59. The second kappa shape index (κ2) is 5.84. The van der Waals surface area contributed by atoms with Crippen molar-refractivity contribution in [3.8, 4) is 5.75 Å². The number of amides is 1. The molecule has 4 nitrogen and oxygen atoms in total. The lowest BCUT2D eigenvalue weighted by atomic mass is 10.2. The topological polar surface area (TPSA) is 62.2 Å². The molecular formula is C12H11ClN2O2S. The monoisotopic (exact) mass is 282 g/mol. The molecule has 18 heavy (non-hydrogen) atoms. The van der Waals surface area contributed by atoms with Crippen LogP contribution in [0.25, 0.3) is 0 Å². The summed E-state index contributed by atoms with van der Waals surface area (Å²) in [6.45, 7) is 0.471. The number of phenols is 1. The van der Waals surface area contributed by atoms with E-state index in [1.807, 2.05) is 5.38 Å². The molecule has 0 aliphatic heterocycles. The Labute approximate surface area is 113 Å². The average Bonchev–Trinajstić information content (AvgIpc) is 2.85. The molecule has 1 amide bonds. The van der Waals surface area contributed by atoms with E-state index in [1.165, 1.54) is 18.2 Å². The van der Waals surface area contributed by atoms with E-state index in [0.29, 0.717) is 18.0 Å². The number of rotatable bonds is 4. The van der Waals surface area contributed by atoms with E-state index < -0.39 is 0 Å². The second-order valence-electron chi connectivity index (χ2n) is 3.59. The van der Waals surface area contributed by atoms with Gasteiger partial charge in [0.25, 0.3) is 5.91 Å². The van der Waals surface area contributed by atoms with Crippen molar-refractivity contribution in [3.05, 3.63) is 45.4 Å². The highest BCUT2D eigenvalue weighted by Gasteiger charge is 2.11. The molecule has 0 fully saturated rings. The number of benzene rings is 1. The van der Waals surface area contributed by atoms with Crippen LogP contribution in [-0.4, -0.2) is 22.5 Å². The first-order chi connectivity index (χ1) is 8.66. The summed E-state index contributed by atoms with van der Waals surface area (Å²) in [5.41, 5.74) is 0.182. The zero-order valence-electron chi connectivity index (χ0n) is 9.39. The molecule has 0 aliphatic rings. The van der Waals surface area contributed by atoms with Gasteiger partial charge in [-0.05, 0) is 18.2 Å². The predicted molar refractivity (Wildman–Crippen MR) is 71.3 cm³/mol. The van der Waals surface area contributed by atoms with E-state index in [4.69, 9.17) is 11.6 Å². The SMILES string of the molecule is O=C(NCCc1nccs1)c1cc(Cl)ccc1O. The van der Waals surface area contributed by atoms with Crippen LogP contribution in [0.5, 0.6) is 5.75 Å². The van der Waals surface area contributed by atoms with Gasteiger partial charge in [0.1, 0.15) is 5.75 Å². The summed E-state index contributed by atoms with van der Waals surface area (Å²) in [5.74, 6) is -0.419. The lowest BCUT2D eigenvalue weighted by molar-refractivity contribution is 0.0951. The summed E-state index contributed by atoms with van der Waals surface area (Å²) in [7, 11) is 0. The minimum atomic E-state index is -0.341. The number of nitrogens with one attached hydrogen (secondary N) is 1. The molecule has 0 radical (unpaired) electrons. The van der Waals surface area contributed by atoms with Gasteiger partial charge in [0.2, 0.25) is 0 Å². The van der Waals surface area contributed by atoms with Crippen molar-refractivity contribution in [2.45, 2.75) is 6.42 Å². The number of hydrogen-bond donors (Lipinski definition) is 2. The van der Waals surface area contributed by atoms with Crippen LogP contribution in [0.3, 0.4) is 0 Å². The van der Waals surface area contributed by atoms with Crippen LogP contribution in [0.1, 0.15) is 15.4 Å². The molecule has 2 rings (SSSR count). The van der Waals surface area contributed by atoms with E-state index in [9.17, 15) is 9.90 Å². The van der Waals surface area contributed by atoms with Crippen molar-refractivity contribution in [2.75, 3.05) is 6.54 Å². The van der Waals surface area contributed by atoms with Gasteiger partial charge in [-0.15, -0.1) is 11.3 Å². The van der Waals surface area contributed by atoms with Crippen molar-refractivity contribution in [1.82, 2.24) is 10.3 Å². The average molecular weight is 283 g/mol. The van der Waals surface area contributed by atoms with Crippen LogP contribution in [0, 0.1) is 0 Å². The smallest absolute Gasteiger partial charge is 0.255 e. The first-order valence-corrected chi connectivity index (χ1v) is 6.57. The third kappa shape index (κ3) is 3.21. The molecule has 2 aromatic rings. The van der Waals surface area contributed by atoms with Crippen LogP contribution >= 0.6 is 22.9 Å². The quantitative estimate of drug-likeness (QED) is 0.905. The minimum Gasteiger partial charge on any atom is -0.507 e. The molecule has 0 aliphatic carbocycles. The van der Waals surface area contributed by atoms with Gasteiger partial charge in [-0.3, -0.25) is 4.79 Å². The van der Waals surface area contributed by atoms with Crippen LogP contribution in [0.2, 0.25) is 5.02 Å². The zero-order valence-corrected chi connectivity index (χ0v) is 11.0.